The van der Waals surface area contributed by atoms with Crippen molar-refractivity contribution in [2.24, 2.45) is 5.92 Å². The number of pyridine rings is 1. The van der Waals surface area contributed by atoms with Crippen LogP contribution >= 0.6 is 0 Å². The summed E-state index contributed by atoms with van der Waals surface area (Å²) in [5, 5.41) is 4.92. The molecule has 3 saturated heterocycles. The molecule has 1 atom stereocenters. The molecule has 4 heteroatoms. The van der Waals surface area contributed by atoms with Crippen molar-refractivity contribution in [1.29, 1.82) is 0 Å². The van der Waals surface area contributed by atoms with Gasteiger partial charge in [0, 0.05) is 35.0 Å². The third kappa shape index (κ3) is 2.33. The highest BCUT2D eigenvalue weighted by molar-refractivity contribution is 5.93. The monoisotopic (exact) mass is 282 g/mol. The summed E-state index contributed by atoms with van der Waals surface area (Å²) in [5.74, 6) is 0.805. The number of hydrogen-bond donors (Lipinski definition) is 2. The van der Waals surface area contributed by atoms with Crippen LogP contribution in [0, 0.1) is 12.8 Å². The van der Waals surface area contributed by atoms with Crippen LogP contribution in [-0.2, 0) is 0 Å². The molecule has 4 heterocycles. The number of nitrogens with one attached hydrogen (secondary N) is 1. The SMILES string of the molecule is Cc1cc(NC2CN3CCC2CC3)c2cc(N)ccc2n1. The summed E-state index contributed by atoms with van der Waals surface area (Å²) in [6.45, 7) is 5.76. The van der Waals surface area contributed by atoms with E-state index in [-0.39, 0.29) is 0 Å². The summed E-state index contributed by atoms with van der Waals surface area (Å²) in [6.07, 6.45) is 2.64. The molecule has 3 fully saturated rings. The quantitative estimate of drug-likeness (QED) is 0.831. The highest BCUT2D eigenvalue weighted by Gasteiger charge is 2.34. The molecule has 4 nitrogen and oxygen atoms in total. The van der Waals surface area contributed by atoms with Crippen molar-refractivity contribution in [1.82, 2.24) is 9.88 Å². The molecule has 2 bridgehead atoms. The summed E-state index contributed by atoms with van der Waals surface area (Å²) in [6, 6.07) is 8.68. The van der Waals surface area contributed by atoms with Gasteiger partial charge in [-0.05, 0) is 63.0 Å². The van der Waals surface area contributed by atoms with Gasteiger partial charge in [-0.1, -0.05) is 0 Å². The average molecular weight is 282 g/mol. The van der Waals surface area contributed by atoms with Gasteiger partial charge in [0.1, 0.15) is 0 Å². The van der Waals surface area contributed by atoms with Gasteiger partial charge >= 0.3 is 0 Å². The van der Waals surface area contributed by atoms with Gasteiger partial charge in [0.05, 0.1) is 5.52 Å². The Hall–Kier alpha value is -1.81. The van der Waals surface area contributed by atoms with Crippen LogP contribution in [0.3, 0.4) is 0 Å². The summed E-state index contributed by atoms with van der Waals surface area (Å²) in [7, 11) is 0. The maximum absolute atomic E-state index is 5.96. The predicted octanol–water partition coefficient (Wildman–Crippen LogP) is 2.63. The van der Waals surface area contributed by atoms with Gasteiger partial charge < -0.3 is 16.0 Å². The first kappa shape index (κ1) is 12.9. The lowest BCUT2D eigenvalue weighted by Crippen LogP contribution is -2.53. The van der Waals surface area contributed by atoms with Crippen LogP contribution in [0.4, 0.5) is 11.4 Å². The first-order chi connectivity index (χ1) is 10.2. The lowest BCUT2D eigenvalue weighted by Gasteiger charge is -2.45. The van der Waals surface area contributed by atoms with E-state index >= 15 is 0 Å². The summed E-state index contributed by atoms with van der Waals surface area (Å²) in [5.41, 5.74) is 10.0. The van der Waals surface area contributed by atoms with Crippen LogP contribution < -0.4 is 11.1 Å². The molecule has 21 heavy (non-hydrogen) atoms. The Morgan fingerprint density at radius 1 is 1.24 bits per heavy atom. The number of anilines is 2. The summed E-state index contributed by atoms with van der Waals surface area (Å²) >= 11 is 0. The van der Waals surface area contributed by atoms with Gasteiger partial charge in [-0.25, -0.2) is 0 Å². The number of benzene rings is 1. The Morgan fingerprint density at radius 2 is 2.05 bits per heavy atom. The van der Waals surface area contributed by atoms with E-state index in [0.717, 1.165) is 34.7 Å². The standard InChI is InChI=1S/C17H22N4/c1-11-8-16(14-9-13(18)2-3-15(14)19-11)20-17-10-21-6-4-12(17)5-7-21/h2-3,8-9,12,17H,4-7,10,18H2,1H3,(H,19,20). The number of piperidine rings is 3. The van der Waals surface area contributed by atoms with Crippen LogP contribution in [-0.4, -0.2) is 35.6 Å². The second-order valence-electron chi connectivity index (χ2n) is 6.48. The van der Waals surface area contributed by atoms with Crippen molar-refractivity contribution >= 4 is 22.3 Å². The van der Waals surface area contributed by atoms with Crippen molar-refractivity contribution in [3.63, 3.8) is 0 Å². The molecule has 3 aliphatic rings. The molecule has 5 rings (SSSR count). The number of hydrogen-bond acceptors (Lipinski definition) is 4. The predicted molar refractivity (Wildman–Crippen MR) is 87.5 cm³/mol. The van der Waals surface area contributed by atoms with Crippen LogP contribution in [0.25, 0.3) is 10.9 Å². The molecule has 0 radical (unpaired) electrons. The zero-order valence-corrected chi connectivity index (χ0v) is 12.5. The first-order valence-electron chi connectivity index (χ1n) is 7.85. The summed E-state index contributed by atoms with van der Waals surface area (Å²) < 4.78 is 0. The van der Waals surface area contributed by atoms with Crippen molar-refractivity contribution in [2.75, 3.05) is 30.7 Å². The first-order valence-corrected chi connectivity index (χ1v) is 7.85. The Balaban J connectivity index is 1.71. The minimum atomic E-state index is 0.555. The van der Waals surface area contributed by atoms with Crippen molar-refractivity contribution in [3.05, 3.63) is 30.0 Å². The van der Waals surface area contributed by atoms with Crippen molar-refractivity contribution in [3.8, 4) is 0 Å². The number of nitrogen functional groups attached to an aromatic ring is 1. The smallest absolute Gasteiger partial charge is 0.0727 e. The molecule has 0 aliphatic carbocycles. The van der Waals surface area contributed by atoms with Gasteiger partial charge in [0.15, 0.2) is 0 Å². The van der Waals surface area contributed by atoms with Gasteiger partial charge in [-0.2, -0.15) is 0 Å². The third-order valence-electron chi connectivity index (χ3n) is 4.96. The molecule has 1 aromatic heterocycles. The second-order valence-corrected chi connectivity index (χ2v) is 6.48. The Bertz CT molecular complexity index is 674. The zero-order chi connectivity index (χ0) is 14.4. The number of aromatic nitrogens is 1. The molecular weight excluding hydrogens is 260 g/mol. The van der Waals surface area contributed by atoms with Crippen LogP contribution in [0.15, 0.2) is 24.3 Å². The molecule has 3 aliphatic heterocycles. The van der Waals surface area contributed by atoms with E-state index in [0.29, 0.717) is 6.04 Å². The highest BCUT2D eigenvalue weighted by Crippen LogP contribution is 2.32. The molecule has 0 spiro atoms. The maximum atomic E-state index is 5.96. The number of fused-ring (bicyclic) bond motifs is 4. The minimum Gasteiger partial charge on any atom is -0.399 e. The largest absolute Gasteiger partial charge is 0.399 e. The van der Waals surface area contributed by atoms with Gasteiger partial charge in [0.2, 0.25) is 0 Å². The zero-order valence-electron chi connectivity index (χ0n) is 12.5. The lowest BCUT2D eigenvalue weighted by atomic mass is 9.84. The molecule has 3 N–H and O–H groups in total. The number of nitrogens with zero attached hydrogens (tertiary/aromatic N) is 2. The third-order valence-corrected chi connectivity index (χ3v) is 4.96. The maximum Gasteiger partial charge on any atom is 0.0727 e. The second kappa shape index (κ2) is 4.88. The van der Waals surface area contributed by atoms with Gasteiger partial charge in [-0.3, -0.25) is 4.98 Å². The molecule has 2 aromatic rings. The van der Waals surface area contributed by atoms with E-state index in [4.69, 9.17) is 5.73 Å². The molecule has 1 aromatic carbocycles. The number of aryl methyl sites for hydroxylation is 1. The normalized spacial score (nSPS) is 28.0. The van der Waals surface area contributed by atoms with E-state index in [1.165, 1.54) is 31.6 Å². The lowest BCUT2D eigenvalue weighted by molar-refractivity contribution is 0.0976. The number of rotatable bonds is 2. The van der Waals surface area contributed by atoms with Gasteiger partial charge in [-0.15, -0.1) is 0 Å². The van der Waals surface area contributed by atoms with Gasteiger partial charge in [0.25, 0.3) is 0 Å². The van der Waals surface area contributed by atoms with Crippen LogP contribution in [0.1, 0.15) is 18.5 Å². The van der Waals surface area contributed by atoms with E-state index in [2.05, 4.69) is 28.2 Å². The molecule has 1 unspecified atom stereocenters. The number of nitrogens with two attached hydrogens (primary N) is 1. The Morgan fingerprint density at radius 3 is 2.76 bits per heavy atom. The minimum absolute atomic E-state index is 0.555. The topological polar surface area (TPSA) is 54.2 Å². The van der Waals surface area contributed by atoms with Crippen LogP contribution in [0.5, 0.6) is 0 Å². The van der Waals surface area contributed by atoms with E-state index in [1.807, 2.05) is 18.2 Å². The average Bonchev–Trinajstić information content (AvgIpc) is 2.49. The molecular formula is C17H22N4. The highest BCUT2D eigenvalue weighted by atomic mass is 15.2. The molecule has 110 valence electrons. The molecule has 0 saturated carbocycles. The summed E-state index contributed by atoms with van der Waals surface area (Å²) in [4.78, 5) is 7.18. The fraction of sp³-hybridized carbons (Fsp3) is 0.471. The van der Waals surface area contributed by atoms with Crippen LogP contribution in [0.2, 0.25) is 0 Å². The van der Waals surface area contributed by atoms with E-state index < -0.39 is 0 Å². The van der Waals surface area contributed by atoms with E-state index in [9.17, 15) is 0 Å². The van der Waals surface area contributed by atoms with E-state index in [1.54, 1.807) is 0 Å². The fourth-order valence-corrected chi connectivity index (χ4v) is 3.82. The fourth-order valence-electron chi connectivity index (χ4n) is 3.82. The van der Waals surface area contributed by atoms with Crippen molar-refractivity contribution < 1.29 is 0 Å². The van der Waals surface area contributed by atoms with Crippen molar-refractivity contribution in [2.45, 2.75) is 25.8 Å². The Kier molecular flexibility index (Phi) is 3.00. The Labute approximate surface area is 125 Å². The molecule has 0 amide bonds.